The number of aliphatic carboxylic acids is 1. The van der Waals surface area contributed by atoms with Crippen molar-refractivity contribution in [3.05, 3.63) is 71.3 Å². The van der Waals surface area contributed by atoms with Crippen LogP contribution in [-0.2, 0) is 29.2 Å². The summed E-state index contributed by atoms with van der Waals surface area (Å²) >= 11 is 0. The maximum atomic E-state index is 11.8. The molecule has 0 radical (unpaired) electrons. The Morgan fingerprint density at radius 3 is 2.17 bits per heavy atom. The van der Waals surface area contributed by atoms with E-state index in [0.717, 1.165) is 16.7 Å². The van der Waals surface area contributed by atoms with Gasteiger partial charge in [0.25, 0.3) is 0 Å². The van der Waals surface area contributed by atoms with Gasteiger partial charge in [-0.3, -0.25) is 0 Å². The summed E-state index contributed by atoms with van der Waals surface area (Å²) in [6.45, 7) is -0.00307. The normalized spacial score (nSPS) is 11.5. The molecule has 3 N–H and O–H groups in total. The molecule has 2 aromatic rings. The van der Waals surface area contributed by atoms with Gasteiger partial charge in [0.15, 0.2) is 0 Å². The van der Waals surface area contributed by atoms with Crippen molar-refractivity contribution >= 4 is 12.1 Å². The van der Waals surface area contributed by atoms with Crippen molar-refractivity contribution in [1.29, 1.82) is 0 Å². The van der Waals surface area contributed by atoms with E-state index in [4.69, 9.17) is 9.84 Å². The van der Waals surface area contributed by atoms with Crippen LogP contribution in [0.3, 0.4) is 0 Å². The highest BCUT2D eigenvalue weighted by Gasteiger charge is 2.21. The van der Waals surface area contributed by atoms with Crippen LogP contribution in [0.25, 0.3) is 0 Å². The topological polar surface area (TPSA) is 95.9 Å². The van der Waals surface area contributed by atoms with Gasteiger partial charge in [-0.1, -0.05) is 54.6 Å². The Morgan fingerprint density at radius 2 is 1.58 bits per heavy atom. The molecule has 0 aliphatic heterocycles. The number of benzene rings is 2. The first-order chi connectivity index (χ1) is 11.6. The van der Waals surface area contributed by atoms with Crippen LogP contribution in [0, 0.1) is 0 Å². The Balaban J connectivity index is 1.90. The largest absolute Gasteiger partial charge is 0.480 e. The minimum atomic E-state index is -1.14. The summed E-state index contributed by atoms with van der Waals surface area (Å²) in [5.74, 6) is -1.14. The standard InChI is InChI=1S/C18H19NO5/c20-11-14-8-6-13(7-9-14)10-16(17(21)22)19-18(23)24-12-15-4-2-1-3-5-15/h1-9,16,20H,10-12H2,(H,19,23)(H,21,22)/t16-/m0/s1. The maximum Gasteiger partial charge on any atom is 0.408 e. The fourth-order valence-electron chi connectivity index (χ4n) is 2.12. The zero-order valence-corrected chi connectivity index (χ0v) is 13.0. The molecule has 24 heavy (non-hydrogen) atoms. The highest BCUT2D eigenvalue weighted by molar-refractivity contribution is 5.80. The van der Waals surface area contributed by atoms with Gasteiger partial charge in [0, 0.05) is 6.42 Å². The summed E-state index contributed by atoms with van der Waals surface area (Å²) in [5, 5.41) is 20.6. The molecule has 0 saturated heterocycles. The van der Waals surface area contributed by atoms with Crippen molar-refractivity contribution in [3.8, 4) is 0 Å². The van der Waals surface area contributed by atoms with Crippen LogP contribution >= 0.6 is 0 Å². The van der Waals surface area contributed by atoms with Gasteiger partial charge in [-0.2, -0.15) is 0 Å². The first kappa shape index (κ1) is 17.5. The number of nitrogens with one attached hydrogen (secondary N) is 1. The molecule has 2 rings (SSSR count). The summed E-state index contributed by atoms with van der Waals surface area (Å²) in [7, 11) is 0. The quantitative estimate of drug-likeness (QED) is 0.723. The van der Waals surface area contributed by atoms with Gasteiger partial charge in [-0.15, -0.1) is 0 Å². The van der Waals surface area contributed by atoms with Gasteiger partial charge in [0.05, 0.1) is 6.61 Å². The summed E-state index contributed by atoms with van der Waals surface area (Å²) < 4.78 is 5.04. The third-order valence-corrected chi connectivity index (χ3v) is 3.45. The molecule has 0 aliphatic carbocycles. The van der Waals surface area contributed by atoms with E-state index < -0.39 is 18.1 Å². The van der Waals surface area contributed by atoms with Gasteiger partial charge in [0.2, 0.25) is 0 Å². The lowest BCUT2D eigenvalue weighted by molar-refractivity contribution is -0.139. The van der Waals surface area contributed by atoms with E-state index in [1.54, 1.807) is 24.3 Å². The van der Waals surface area contributed by atoms with Gasteiger partial charge in [-0.05, 0) is 16.7 Å². The molecular formula is C18H19NO5. The van der Waals surface area contributed by atoms with E-state index >= 15 is 0 Å². The van der Waals surface area contributed by atoms with Gasteiger partial charge in [0.1, 0.15) is 12.6 Å². The summed E-state index contributed by atoms with van der Waals surface area (Å²) in [5.41, 5.74) is 2.29. The molecule has 6 nitrogen and oxygen atoms in total. The van der Waals surface area contributed by atoms with Gasteiger partial charge in [-0.25, -0.2) is 9.59 Å². The lowest BCUT2D eigenvalue weighted by Crippen LogP contribution is -2.42. The molecule has 0 aromatic heterocycles. The first-order valence-corrected chi connectivity index (χ1v) is 7.47. The second-order valence-corrected chi connectivity index (χ2v) is 5.28. The van der Waals surface area contributed by atoms with Crippen molar-refractivity contribution in [2.75, 3.05) is 0 Å². The third-order valence-electron chi connectivity index (χ3n) is 3.45. The molecule has 0 unspecified atom stereocenters. The van der Waals surface area contributed by atoms with Crippen molar-refractivity contribution in [2.24, 2.45) is 0 Å². The Morgan fingerprint density at radius 1 is 0.958 bits per heavy atom. The van der Waals surface area contributed by atoms with E-state index in [-0.39, 0.29) is 19.6 Å². The van der Waals surface area contributed by atoms with E-state index in [1.165, 1.54) is 0 Å². The van der Waals surface area contributed by atoms with E-state index in [2.05, 4.69) is 5.32 Å². The number of carboxylic acids is 1. The lowest BCUT2D eigenvalue weighted by atomic mass is 10.0. The minimum Gasteiger partial charge on any atom is -0.480 e. The van der Waals surface area contributed by atoms with E-state index in [9.17, 15) is 14.7 Å². The third kappa shape index (κ3) is 5.40. The molecule has 6 heteroatoms. The second-order valence-electron chi connectivity index (χ2n) is 5.28. The number of alkyl carbamates (subject to hydrolysis) is 1. The van der Waals surface area contributed by atoms with Crippen LogP contribution in [0.4, 0.5) is 4.79 Å². The van der Waals surface area contributed by atoms with Crippen LogP contribution in [0.15, 0.2) is 54.6 Å². The van der Waals surface area contributed by atoms with Crippen molar-refractivity contribution in [2.45, 2.75) is 25.7 Å². The zero-order valence-electron chi connectivity index (χ0n) is 13.0. The number of carbonyl (C=O) groups excluding carboxylic acids is 1. The Kier molecular flexibility index (Phi) is 6.33. The van der Waals surface area contributed by atoms with Crippen molar-refractivity contribution in [1.82, 2.24) is 5.32 Å². The highest BCUT2D eigenvalue weighted by Crippen LogP contribution is 2.08. The number of carbonyl (C=O) groups is 2. The summed E-state index contributed by atoms with van der Waals surface area (Å²) in [6, 6.07) is 14.9. The number of ether oxygens (including phenoxy) is 1. The number of aliphatic hydroxyl groups is 1. The summed E-state index contributed by atoms with van der Waals surface area (Å²) in [4.78, 5) is 23.1. The molecule has 0 bridgehead atoms. The van der Waals surface area contributed by atoms with Crippen molar-refractivity contribution in [3.63, 3.8) is 0 Å². The first-order valence-electron chi connectivity index (χ1n) is 7.47. The zero-order chi connectivity index (χ0) is 17.4. The average Bonchev–Trinajstić information content (AvgIpc) is 2.61. The Bertz CT molecular complexity index is 670. The molecule has 0 fully saturated rings. The molecule has 0 spiro atoms. The second kappa shape index (κ2) is 8.69. The highest BCUT2D eigenvalue weighted by atomic mass is 16.5. The fraction of sp³-hybridized carbons (Fsp3) is 0.222. The molecule has 126 valence electrons. The minimum absolute atomic E-state index is 0.0736. The Labute approximate surface area is 139 Å². The number of hydrogen-bond acceptors (Lipinski definition) is 4. The maximum absolute atomic E-state index is 11.8. The number of hydrogen-bond donors (Lipinski definition) is 3. The van der Waals surface area contributed by atoms with E-state index in [1.807, 2.05) is 30.3 Å². The number of amides is 1. The molecule has 0 heterocycles. The molecule has 2 aromatic carbocycles. The van der Waals surface area contributed by atoms with Crippen molar-refractivity contribution < 1.29 is 24.5 Å². The SMILES string of the molecule is O=C(N[C@@H](Cc1ccc(CO)cc1)C(=O)O)OCc1ccccc1. The van der Waals surface area contributed by atoms with Gasteiger partial charge < -0.3 is 20.3 Å². The monoisotopic (exact) mass is 329 g/mol. The van der Waals surface area contributed by atoms with Gasteiger partial charge >= 0.3 is 12.1 Å². The molecule has 1 atom stereocenters. The fourth-order valence-corrected chi connectivity index (χ4v) is 2.12. The molecular weight excluding hydrogens is 310 g/mol. The predicted octanol–water partition coefficient (Wildman–Crippen LogP) is 2.10. The molecule has 0 saturated carbocycles. The number of carboxylic acid groups (broad SMARTS) is 1. The smallest absolute Gasteiger partial charge is 0.408 e. The lowest BCUT2D eigenvalue weighted by Gasteiger charge is -2.15. The van der Waals surface area contributed by atoms with Crippen LogP contribution in [-0.4, -0.2) is 28.3 Å². The number of rotatable bonds is 7. The molecule has 0 aliphatic rings. The van der Waals surface area contributed by atoms with Crippen LogP contribution < -0.4 is 5.32 Å². The van der Waals surface area contributed by atoms with Crippen LogP contribution in [0.2, 0.25) is 0 Å². The van der Waals surface area contributed by atoms with Crippen LogP contribution in [0.1, 0.15) is 16.7 Å². The van der Waals surface area contributed by atoms with E-state index in [0.29, 0.717) is 0 Å². The predicted molar refractivity (Wildman–Crippen MR) is 87.3 cm³/mol. The summed E-state index contributed by atoms with van der Waals surface area (Å²) in [6.07, 6.45) is -0.653. The van der Waals surface area contributed by atoms with Crippen LogP contribution in [0.5, 0.6) is 0 Å². The average molecular weight is 329 g/mol. The number of aliphatic hydroxyl groups excluding tert-OH is 1. The Hall–Kier alpha value is -2.86. The molecule has 1 amide bonds.